The molecular formula is C12H14N2S. The van der Waals surface area contributed by atoms with Crippen LogP contribution in [-0.4, -0.2) is 18.6 Å². The predicted octanol–water partition coefficient (Wildman–Crippen LogP) is 2.55. The largest absolute Gasteiger partial charge is 0.319 e. The second-order valence-corrected chi connectivity index (χ2v) is 5.23. The zero-order chi connectivity index (χ0) is 10.3. The number of fused-ring (bicyclic) bond motifs is 1. The Labute approximate surface area is 93.3 Å². The number of nitrogens with zero attached hydrogens (tertiary/aromatic N) is 1. The van der Waals surface area contributed by atoms with E-state index in [4.69, 9.17) is 0 Å². The van der Waals surface area contributed by atoms with Gasteiger partial charge < -0.3 is 5.32 Å². The van der Waals surface area contributed by atoms with Crippen molar-refractivity contribution >= 4 is 21.6 Å². The highest BCUT2D eigenvalue weighted by molar-refractivity contribution is 7.16. The topological polar surface area (TPSA) is 24.9 Å². The van der Waals surface area contributed by atoms with Gasteiger partial charge in [0.25, 0.3) is 0 Å². The van der Waals surface area contributed by atoms with Crippen LogP contribution < -0.4 is 5.32 Å². The van der Waals surface area contributed by atoms with Crippen LogP contribution in [0.1, 0.15) is 18.4 Å². The van der Waals surface area contributed by atoms with E-state index in [-0.39, 0.29) is 0 Å². The zero-order valence-electron chi connectivity index (χ0n) is 8.79. The van der Waals surface area contributed by atoms with Gasteiger partial charge in [0.1, 0.15) is 0 Å². The molecule has 1 fully saturated rings. The highest BCUT2D eigenvalue weighted by Crippen LogP contribution is 2.48. The third-order valence-electron chi connectivity index (χ3n) is 3.31. The third kappa shape index (κ3) is 1.46. The normalized spacial score (nSPS) is 18.2. The SMILES string of the molecule is CNCC1(c2ccc3ncsc3c2)CC1. The Morgan fingerprint density at radius 1 is 1.47 bits per heavy atom. The van der Waals surface area contributed by atoms with E-state index in [1.54, 1.807) is 11.3 Å². The molecule has 1 aliphatic carbocycles. The van der Waals surface area contributed by atoms with Crippen LogP contribution in [0.4, 0.5) is 0 Å². The van der Waals surface area contributed by atoms with Gasteiger partial charge in [0.15, 0.2) is 0 Å². The number of aromatic nitrogens is 1. The quantitative estimate of drug-likeness (QED) is 0.856. The van der Waals surface area contributed by atoms with Crippen molar-refractivity contribution in [3.05, 3.63) is 29.3 Å². The molecule has 0 atom stereocenters. The van der Waals surface area contributed by atoms with Gasteiger partial charge in [-0.15, -0.1) is 11.3 Å². The van der Waals surface area contributed by atoms with Gasteiger partial charge in [-0.05, 0) is 37.6 Å². The number of likely N-dealkylation sites (N-methyl/N-ethyl adjacent to an activating group) is 1. The molecule has 0 unspecified atom stereocenters. The summed E-state index contributed by atoms with van der Waals surface area (Å²) in [4.78, 5) is 4.31. The molecule has 0 saturated heterocycles. The maximum atomic E-state index is 4.31. The third-order valence-corrected chi connectivity index (χ3v) is 4.10. The lowest BCUT2D eigenvalue weighted by Gasteiger charge is -2.14. The average molecular weight is 218 g/mol. The lowest BCUT2D eigenvalue weighted by molar-refractivity contribution is 0.625. The van der Waals surface area contributed by atoms with Crippen molar-refractivity contribution in [2.75, 3.05) is 13.6 Å². The molecule has 1 aromatic carbocycles. The predicted molar refractivity (Wildman–Crippen MR) is 64.5 cm³/mol. The van der Waals surface area contributed by atoms with Crippen LogP contribution >= 0.6 is 11.3 Å². The summed E-state index contributed by atoms with van der Waals surface area (Å²) >= 11 is 1.73. The first-order valence-electron chi connectivity index (χ1n) is 5.32. The summed E-state index contributed by atoms with van der Waals surface area (Å²) in [5, 5.41) is 3.30. The smallest absolute Gasteiger partial charge is 0.0812 e. The van der Waals surface area contributed by atoms with Crippen LogP contribution in [0.15, 0.2) is 23.7 Å². The molecule has 0 radical (unpaired) electrons. The number of hydrogen-bond acceptors (Lipinski definition) is 3. The van der Waals surface area contributed by atoms with Crippen molar-refractivity contribution < 1.29 is 0 Å². The highest BCUT2D eigenvalue weighted by Gasteiger charge is 2.43. The van der Waals surface area contributed by atoms with Gasteiger partial charge in [-0.25, -0.2) is 4.98 Å². The summed E-state index contributed by atoms with van der Waals surface area (Å²) in [5.74, 6) is 0. The fraction of sp³-hybridized carbons (Fsp3) is 0.417. The van der Waals surface area contributed by atoms with Gasteiger partial charge >= 0.3 is 0 Å². The molecule has 1 aliphatic rings. The Morgan fingerprint density at radius 2 is 2.33 bits per heavy atom. The lowest BCUT2D eigenvalue weighted by Crippen LogP contribution is -2.23. The zero-order valence-corrected chi connectivity index (χ0v) is 9.60. The fourth-order valence-electron chi connectivity index (χ4n) is 2.24. The van der Waals surface area contributed by atoms with E-state index >= 15 is 0 Å². The summed E-state index contributed by atoms with van der Waals surface area (Å²) in [6.45, 7) is 1.09. The Hall–Kier alpha value is -0.930. The molecule has 2 aromatic rings. The number of benzene rings is 1. The van der Waals surface area contributed by atoms with Crippen molar-refractivity contribution in [3.8, 4) is 0 Å². The monoisotopic (exact) mass is 218 g/mol. The molecule has 2 nitrogen and oxygen atoms in total. The molecule has 3 rings (SSSR count). The summed E-state index contributed by atoms with van der Waals surface area (Å²) in [5.41, 5.74) is 4.96. The molecule has 1 aromatic heterocycles. The van der Waals surface area contributed by atoms with Gasteiger partial charge in [0, 0.05) is 12.0 Å². The van der Waals surface area contributed by atoms with Crippen LogP contribution in [0.3, 0.4) is 0 Å². The standard InChI is InChI=1S/C12H14N2S/c1-13-7-12(4-5-12)9-2-3-10-11(6-9)15-8-14-10/h2-3,6,8,13H,4-5,7H2,1H3. The molecule has 0 spiro atoms. The van der Waals surface area contributed by atoms with Crippen molar-refractivity contribution in [1.82, 2.24) is 10.3 Å². The molecule has 0 aliphatic heterocycles. The van der Waals surface area contributed by atoms with Crippen molar-refractivity contribution in [1.29, 1.82) is 0 Å². The number of nitrogens with one attached hydrogen (secondary N) is 1. The minimum atomic E-state index is 0.424. The Balaban J connectivity index is 2.04. The van der Waals surface area contributed by atoms with E-state index in [1.807, 2.05) is 12.6 Å². The second-order valence-electron chi connectivity index (χ2n) is 4.35. The molecule has 1 saturated carbocycles. The van der Waals surface area contributed by atoms with E-state index < -0.39 is 0 Å². The van der Waals surface area contributed by atoms with E-state index in [1.165, 1.54) is 23.1 Å². The fourth-order valence-corrected chi connectivity index (χ4v) is 2.96. The Kier molecular flexibility index (Phi) is 2.04. The number of hydrogen-bond donors (Lipinski definition) is 1. The van der Waals surface area contributed by atoms with Crippen LogP contribution in [0.5, 0.6) is 0 Å². The van der Waals surface area contributed by atoms with Gasteiger partial charge in [-0.3, -0.25) is 0 Å². The molecule has 1 N–H and O–H groups in total. The molecule has 15 heavy (non-hydrogen) atoms. The average Bonchev–Trinajstić information content (AvgIpc) is 2.89. The summed E-state index contributed by atoms with van der Waals surface area (Å²) in [6.07, 6.45) is 2.64. The van der Waals surface area contributed by atoms with Crippen LogP contribution in [0, 0.1) is 0 Å². The van der Waals surface area contributed by atoms with Crippen LogP contribution in [0.2, 0.25) is 0 Å². The van der Waals surface area contributed by atoms with Gasteiger partial charge in [-0.1, -0.05) is 6.07 Å². The molecule has 1 heterocycles. The van der Waals surface area contributed by atoms with Crippen molar-refractivity contribution in [2.45, 2.75) is 18.3 Å². The highest BCUT2D eigenvalue weighted by atomic mass is 32.1. The van der Waals surface area contributed by atoms with Crippen LogP contribution in [0.25, 0.3) is 10.2 Å². The molecule has 3 heteroatoms. The summed E-state index contributed by atoms with van der Waals surface area (Å²) < 4.78 is 1.31. The summed E-state index contributed by atoms with van der Waals surface area (Å²) in [6, 6.07) is 6.71. The Morgan fingerprint density at radius 3 is 3.07 bits per heavy atom. The van der Waals surface area contributed by atoms with Crippen LogP contribution in [-0.2, 0) is 5.41 Å². The van der Waals surface area contributed by atoms with Crippen molar-refractivity contribution in [3.63, 3.8) is 0 Å². The first-order chi connectivity index (χ1) is 7.34. The molecular weight excluding hydrogens is 204 g/mol. The number of rotatable bonds is 3. The maximum absolute atomic E-state index is 4.31. The molecule has 78 valence electrons. The van der Waals surface area contributed by atoms with Gasteiger partial charge in [0.2, 0.25) is 0 Å². The van der Waals surface area contributed by atoms with Crippen molar-refractivity contribution in [2.24, 2.45) is 0 Å². The maximum Gasteiger partial charge on any atom is 0.0812 e. The molecule has 0 bridgehead atoms. The summed E-state index contributed by atoms with van der Waals surface area (Å²) in [7, 11) is 2.03. The Bertz CT molecular complexity index is 485. The van der Waals surface area contributed by atoms with E-state index in [0.29, 0.717) is 5.41 Å². The van der Waals surface area contributed by atoms with E-state index in [0.717, 1.165) is 12.1 Å². The minimum Gasteiger partial charge on any atom is -0.319 e. The van der Waals surface area contributed by atoms with E-state index in [2.05, 4.69) is 28.5 Å². The minimum absolute atomic E-state index is 0.424. The number of thiazole rings is 1. The van der Waals surface area contributed by atoms with Gasteiger partial charge in [0.05, 0.1) is 15.7 Å². The van der Waals surface area contributed by atoms with Gasteiger partial charge in [-0.2, -0.15) is 0 Å². The van der Waals surface area contributed by atoms with E-state index in [9.17, 15) is 0 Å². The first kappa shape index (κ1) is 9.31. The second kappa shape index (κ2) is 3.29. The lowest BCUT2D eigenvalue weighted by atomic mass is 9.96. The molecule has 0 amide bonds. The first-order valence-corrected chi connectivity index (χ1v) is 6.20.